The van der Waals surface area contributed by atoms with Gasteiger partial charge in [0, 0.05) is 24.7 Å². The first kappa shape index (κ1) is 11.6. The van der Waals surface area contributed by atoms with Crippen molar-refractivity contribution in [2.45, 2.75) is 6.42 Å². The fourth-order valence-corrected chi connectivity index (χ4v) is 2.01. The number of aromatic nitrogens is 2. The molecule has 19 heavy (non-hydrogen) atoms. The fraction of sp³-hybridized carbons (Fsp3) is 0.154. The van der Waals surface area contributed by atoms with Gasteiger partial charge in [0.2, 0.25) is 0 Å². The van der Waals surface area contributed by atoms with Gasteiger partial charge in [-0.1, -0.05) is 12.1 Å². The van der Waals surface area contributed by atoms with Crippen molar-refractivity contribution in [1.82, 2.24) is 15.2 Å². The molecule has 96 valence electrons. The molecule has 0 spiro atoms. The third kappa shape index (κ3) is 2.24. The van der Waals surface area contributed by atoms with Gasteiger partial charge < -0.3 is 0 Å². The average Bonchev–Trinajstić information content (AvgIpc) is 3.08. The number of rotatable bonds is 2. The van der Waals surface area contributed by atoms with Gasteiger partial charge in [-0.2, -0.15) is 10.2 Å². The summed E-state index contributed by atoms with van der Waals surface area (Å²) in [5, 5.41) is 20.7. The van der Waals surface area contributed by atoms with E-state index in [-0.39, 0.29) is 11.7 Å². The molecule has 2 N–H and O–H groups in total. The molecule has 0 fully saturated rings. The molecule has 0 radical (unpaired) electrons. The summed E-state index contributed by atoms with van der Waals surface area (Å²) < 4.78 is 13.2. The van der Waals surface area contributed by atoms with Crippen LogP contribution in [0.4, 0.5) is 4.39 Å². The van der Waals surface area contributed by atoms with Crippen LogP contribution in [0, 0.1) is 11.2 Å². The lowest BCUT2D eigenvalue weighted by Crippen LogP contribution is -2.23. The number of hydrogen-bond donors (Lipinski definition) is 2. The smallest absolute Gasteiger partial charge is 0.148 e. The summed E-state index contributed by atoms with van der Waals surface area (Å²) in [7, 11) is 0. The molecule has 3 rings (SSSR count). The number of nitrogens with one attached hydrogen (secondary N) is 2. The molecule has 0 amide bonds. The van der Waals surface area contributed by atoms with Gasteiger partial charge in [-0.15, -0.1) is 0 Å². The minimum Gasteiger partial charge on any atom is -0.283 e. The molecular formula is C13H12FN5. The van der Waals surface area contributed by atoms with E-state index in [1.54, 1.807) is 23.3 Å². The lowest BCUT2D eigenvalue weighted by molar-refractivity contribution is 0.488. The van der Waals surface area contributed by atoms with E-state index < -0.39 is 0 Å². The number of hydrazone groups is 1. The molecular weight excluding hydrogens is 245 g/mol. The van der Waals surface area contributed by atoms with Crippen LogP contribution in [-0.4, -0.2) is 33.3 Å². The van der Waals surface area contributed by atoms with Crippen molar-refractivity contribution < 1.29 is 4.39 Å². The topological polar surface area (TPSA) is 68.1 Å². The van der Waals surface area contributed by atoms with E-state index in [2.05, 4.69) is 15.3 Å². The van der Waals surface area contributed by atoms with Crippen LogP contribution in [0.15, 0.2) is 41.6 Å². The summed E-state index contributed by atoms with van der Waals surface area (Å²) >= 11 is 0. The maximum atomic E-state index is 13.2. The molecule has 5 nitrogen and oxygen atoms in total. The Morgan fingerprint density at radius 1 is 1.37 bits per heavy atom. The van der Waals surface area contributed by atoms with Crippen molar-refractivity contribution in [3.63, 3.8) is 0 Å². The minimum atomic E-state index is -0.348. The summed E-state index contributed by atoms with van der Waals surface area (Å²) in [4.78, 5) is 0. The Labute approximate surface area is 109 Å². The van der Waals surface area contributed by atoms with Gasteiger partial charge in [0.25, 0.3) is 0 Å². The molecule has 1 aromatic heterocycles. The zero-order chi connectivity index (χ0) is 13.2. The van der Waals surface area contributed by atoms with E-state index in [4.69, 9.17) is 5.41 Å². The van der Waals surface area contributed by atoms with Crippen molar-refractivity contribution >= 4 is 11.5 Å². The molecule has 1 aliphatic heterocycles. The summed E-state index contributed by atoms with van der Waals surface area (Å²) in [6.45, 7) is 0.615. The van der Waals surface area contributed by atoms with Gasteiger partial charge in [0.1, 0.15) is 11.7 Å². The molecule has 0 bridgehead atoms. The molecule has 2 aromatic rings. The van der Waals surface area contributed by atoms with Crippen molar-refractivity contribution in [3.05, 3.63) is 53.6 Å². The van der Waals surface area contributed by atoms with Crippen molar-refractivity contribution in [3.8, 4) is 0 Å². The van der Waals surface area contributed by atoms with Crippen LogP contribution in [-0.2, 0) is 0 Å². The maximum absolute atomic E-state index is 13.2. The first-order valence-electron chi connectivity index (χ1n) is 5.93. The van der Waals surface area contributed by atoms with Crippen LogP contribution in [0.5, 0.6) is 0 Å². The molecule has 0 unspecified atom stereocenters. The summed E-state index contributed by atoms with van der Waals surface area (Å²) in [5.74, 6) is -0.145. The number of H-pyrrole nitrogens is 1. The van der Waals surface area contributed by atoms with Crippen molar-refractivity contribution in [2.75, 3.05) is 6.54 Å². The Bertz CT molecular complexity index is 632. The molecule has 6 heteroatoms. The summed E-state index contributed by atoms with van der Waals surface area (Å²) in [6.07, 6.45) is 2.40. The number of amidine groups is 1. The highest BCUT2D eigenvalue weighted by molar-refractivity contribution is 6.03. The minimum absolute atomic E-state index is 0.203. The normalized spacial score (nSPS) is 14.6. The first-order valence-corrected chi connectivity index (χ1v) is 5.93. The third-order valence-corrected chi connectivity index (χ3v) is 2.97. The fourth-order valence-electron chi connectivity index (χ4n) is 2.01. The van der Waals surface area contributed by atoms with Crippen molar-refractivity contribution in [1.29, 1.82) is 5.41 Å². The monoisotopic (exact) mass is 257 g/mol. The van der Waals surface area contributed by atoms with Crippen LogP contribution in [0.1, 0.15) is 17.7 Å². The van der Waals surface area contributed by atoms with E-state index in [1.807, 2.05) is 6.07 Å². The van der Waals surface area contributed by atoms with Gasteiger partial charge in [-0.25, -0.2) is 9.40 Å². The second-order valence-corrected chi connectivity index (χ2v) is 4.25. The number of halogens is 1. The molecule has 2 heterocycles. The highest BCUT2D eigenvalue weighted by Crippen LogP contribution is 2.15. The number of benzene rings is 1. The Morgan fingerprint density at radius 3 is 3.00 bits per heavy atom. The summed E-state index contributed by atoms with van der Waals surface area (Å²) in [6, 6.07) is 7.84. The highest BCUT2D eigenvalue weighted by atomic mass is 19.1. The van der Waals surface area contributed by atoms with Crippen molar-refractivity contribution in [2.24, 2.45) is 5.10 Å². The number of nitrogens with zero attached hydrogens (tertiary/aromatic N) is 3. The SMILES string of the molecule is N=C(c1cccc(F)c1)N1CCC(c2ccn[nH]2)=N1. The first-order chi connectivity index (χ1) is 9.24. The van der Waals surface area contributed by atoms with E-state index in [0.29, 0.717) is 12.1 Å². The van der Waals surface area contributed by atoms with Crippen LogP contribution in [0.25, 0.3) is 0 Å². The van der Waals surface area contributed by atoms with Crippen LogP contribution in [0.3, 0.4) is 0 Å². The predicted octanol–water partition coefficient (Wildman–Crippen LogP) is 1.98. The number of hydrogen-bond acceptors (Lipinski definition) is 3. The van der Waals surface area contributed by atoms with Crippen LogP contribution < -0.4 is 0 Å². The number of aromatic amines is 1. The standard InChI is InChI=1S/C13H12FN5/c14-10-3-1-2-9(8-10)13(15)19-7-5-12(18-19)11-4-6-16-17-11/h1-4,6,8,15H,5,7H2,(H,16,17). The van der Waals surface area contributed by atoms with Gasteiger partial charge in [0.15, 0.2) is 0 Å². The average molecular weight is 257 g/mol. The van der Waals surface area contributed by atoms with E-state index >= 15 is 0 Å². The molecule has 0 aliphatic carbocycles. The zero-order valence-electron chi connectivity index (χ0n) is 10.1. The maximum Gasteiger partial charge on any atom is 0.148 e. The summed E-state index contributed by atoms with van der Waals surface area (Å²) in [5.41, 5.74) is 2.24. The van der Waals surface area contributed by atoms with Gasteiger partial charge in [0.05, 0.1) is 11.4 Å². The van der Waals surface area contributed by atoms with Gasteiger partial charge >= 0.3 is 0 Å². The Morgan fingerprint density at radius 2 is 2.26 bits per heavy atom. The molecule has 1 aromatic carbocycles. The molecule has 0 atom stereocenters. The quantitative estimate of drug-likeness (QED) is 0.638. The lowest BCUT2D eigenvalue weighted by Gasteiger charge is -2.14. The Balaban J connectivity index is 1.83. The highest BCUT2D eigenvalue weighted by Gasteiger charge is 2.21. The van der Waals surface area contributed by atoms with E-state index in [9.17, 15) is 4.39 Å². The predicted molar refractivity (Wildman–Crippen MR) is 69.7 cm³/mol. The zero-order valence-corrected chi connectivity index (χ0v) is 10.1. The van der Waals surface area contributed by atoms with Gasteiger partial charge in [-0.05, 0) is 18.2 Å². The third-order valence-electron chi connectivity index (χ3n) is 2.97. The van der Waals surface area contributed by atoms with Crippen LogP contribution in [0.2, 0.25) is 0 Å². The Kier molecular flexibility index (Phi) is 2.83. The molecule has 0 saturated carbocycles. The van der Waals surface area contributed by atoms with Gasteiger partial charge in [-0.3, -0.25) is 10.5 Å². The van der Waals surface area contributed by atoms with Crippen LogP contribution >= 0.6 is 0 Å². The molecule has 0 saturated heterocycles. The largest absolute Gasteiger partial charge is 0.283 e. The second kappa shape index (κ2) is 4.64. The van der Waals surface area contributed by atoms with E-state index in [0.717, 1.165) is 17.8 Å². The second-order valence-electron chi connectivity index (χ2n) is 4.25. The van der Waals surface area contributed by atoms with E-state index in [1.165, 1.54) is 12.1 Å². The lowest BCUT2D eigenvalue weighted by atomic mass is 10.2. The Hall–Kier alpha value is -2.50. The molecule has 1 aliphatic rings.